The number of nitrogens with two attached hydrogens (primary N) is 1. The second kappa shape index (κ2) is 47.1. The summed E-state index contributed by atoms with van der Waals surface area (Å²) < 4.78 is 83.1. The first-order valence-corrected chi connectivity index (χ1v) is 53.1. The number of hydrogen-bond donors (Lipinski definition) is 6. The largest absolute Gasteiger partial charge is 1.00 e. The molecular weight excluding hydrogens is 1960 g/mol. The number of nitrogens with one attached hydrogen (secondary N) is 3. The van der Waals surface area contributed by atoms with Crippen LogP contribution in [0.2, 0.25) is 10.0 Å². The molecule has 147 heavy (non-hydrogen) atoms. The van der Waals surface area contributed by atoms with Crippen LogP contribution in [-0.2, 0) is 72.1 Å². The number of hydrazine groups is 1. The Hall–Kier alpha value is -9.64. The standard InChI is InChI=1S/C49H66ClN5O10.C49H64ClN5O10.C7H10N2O2S.C2H4O2.Na/c2*1-9-30-22-49(30,45(59)60)23-38(56)37-19-32(24-55(37)44(58)34(47(4,5)6)20-41(57)65-31-17-28-16-29(28)18-31)64-40-21-35(36-25-63-46(53-36)51-27(2)3)52-43-33(40)10-11-39(42(43)50)62-15-13-54-12-14-61-26-48(54,7)8;1-6-2-4-7(5-3-6)12(10,11)9-8;1-2(3)4;/h10-11,21,25,27-32,34,37H,9,12-20,22-24,26H2,1-8H3,(H,51,53)(H,59,60);9-11,21,25,27-32,34,37H,1,12-20,22-24,26H2,2-8H3,(H,51,53)(H,59,60);2-5,9H,8H2,1H3;1H3,(H,3,4);/q;;;;+1/p-1/t2*28-,29+,30-,31?,32-,34-,37+,49-;;;/m11.../s1. The van der Waals surface area contributed by atoms with Crippen LogP contribution in [0.25, 0.3) is 44.6 Å². The molecule has 10 fully saturated rings. The Kier molecular flexibility index (Phi) is 36.7. The molecule has 17 rings (SSSR count). The van der Waals surface area contributed by atoms with Crippen LogP contribution in [0, 0.1) is 75.9 Å². The zero-order valence-corrected chi connectivity index (χ0v) is 92.1. The fourth-order valence-corrected chi connectivity index (χ4v) is 22.5. The zero-order chi connectivity index (χ0) is 106. The van der Waals surface area contributed by atoms with Gasteiger partial charge in [0.15, 0.2) is 11.6 Å². The number of halogens is 2. The number of carbonyl (C=O) groups excluding carboxylic acids is 7. The van der Waals surface area contributed by atoms with E-state index in [1.165, 1.54) is 47.3 Å². The first-order chi connectivity index (χ1) is 68.8. The van der Waals surface area contributed by atoms with Crippen molar-refractivity contribution in [3.63, 3.8) is 0 Å². The van der Waals surface area contributed by atoms with Crippen LogP contribution in [0.1, 0.15) is 213 Å². The summed E-state index contributed by atoms with van der Waals surface area (Å²) >= 11 is 14.3. The number of likely N-dealkylation sites (tertiary alicyclic amines) is 2. The van der Waals surface area contributed by atoms with Gasteiger partial charge >= 0.3 is 53.4 Å². The molecule has 0 radical (unpaired) electrons. The monoisotopic (exact) mass is 2100 g/mol. The van der Waals surface area contributed by atoms with Crippen molar-refractivity contribution >= 4 is 120 Å². The van der Waals surface area contributed by atoms with Crippen LogP contribution in [0.4, 0.5) is 12.0 Å². The van der Waals surface area contributed by atoms with E-state index in [4.69, 9.17) is 95.6 Å². The minimum atomic E-state index is -3.49. The molecule has 2 amide bonds. The Labute approximate surface area is 891 Å². The van der Waals surface area contributed by atoms with Crippen molar-refractivity contribution in [1.29, 1.82) is 0 Å². The number of esters is 2. The first-order valence-electron chi connectivity index (χ1n) is 50.9. The number of aromatic nitrogens is 4. The van der Waals surface area contributed by atoms with Crippen molar-refractivity contribution in [2.24, 2.45) is 74.8 Å². The molecule has 8 heterocycles. The van der Waals surface area contributed by atoms with Crippen LogP contribution in [-0.4, -0.2) is 250 Å². The van der Waals surface area contributed by atoms with Gasteiger partial charge < -0.3 is 87.3 Å². The number of ether oxygens (including phenoxy) is 8. The zero-order valence-electron chi connectivity index (χ0n) is 87.7. The van der Waals surface area contributed by atoms with E-state index >= 15 is 0 Å². The summed E-state index contributed by atoms with van der Waals surface area (Å²) in [6.07, 6.45) is 9.47. The van der Waals surface area contributed by atoms with Crippen LogP contribution < -0.4 is 74.9 Å². The number of carboxylic acid groups (broad SMARTS) is 3. The van der Waals surface area contributed by atoms with Gasteiger partial charge in [0.2, 0.25) is 11.8 Å². The molecule has 4 aliphatic heterocycles. The third kappa shape index (κ3) is 27.8. The fourth-order valence-electron chi connectivity index (χ4n) is 21.4. The Morgan fingerprint density at radius 1 is 0.585 bits per heavy atom. The van der Waals surface area contributed by atoms with E-state index in [9.17, 15) is 57.0 Å². The van der Waals surface area contributed by atoms with Crippen molar-refractivity contribution in [2.45, 2.75) is 279 Å². The third-order valence-corrected chi connectivity index (χ3v) is 32.2. The molecule has 10 aliphatic rings. The number of hydrogen-bond acceptors (Lipinski definition) is 31. The molecular formula is C107H143Cl2N12NaO24S. The molecule has 36 nitrogen and oxygen atoms in total. The summed E-state index contributed by atoms with van der Waals surface area (Å²) in [5, 5.41) is 37.5. The van der Waals surface area contributed by atoms with Crippen molar-refractivity contribution < 1.29 is 143 Å². The second-order valence-corrected chi connectivity index (χ2v) is 47.5. The Morgan fingerprint density at radius 2 is 0.986 bits per heavy atom. The molecule has 796 valence electrons. The summed E-state index contributed by atoms with van der Waals surface area (Å²) in [4.78, 5) is 149. The van der Waals surface area contributed by atoms with E-state index in [0.29, 0.717) is 169 Å². The number of ketones is 2. The van der Waals surface area contributed by atoms with Crippen LogP contribution in [0.3, 0.4) is 0 Å². The van der Waals surface area contributed by atoms with Gasteiger partial charge in [0.05, 0.1) is 114 Å². The van der Waals surface area contributed by atoms with Crippen molar-refractivity contribution in [2.75, 3.05) is 89.5 Å². The predicted molar refractivity (Wildman–Crippen MR) is 544 cm³/mol. The van der Waals surface area contributed by atoms with Gasteiger partial charge in [0.1, 0.15) is 94.6 Å². The SMILES string of the molecule is C=C[C@@H]1C[C@]1(CC(=O)[C@@H]1C[C@@H](Oc2cc(-c3coc(NC(C)C)n3)nc3c(Cl)c(OCCN4CCOCC4(C)C)ccc23)CN1C(=O)[C@@H](CC(=O)OC1C[C@@H]2C[C@@H]2C1)C(C)(C)C)C(=O)O.CC(=O)[O-].CC[C@@H]1C[C@]1(CC(=O)[C@@H]1C[C@@H](Oc2cc(-c3coc(NC(C)C)n3)nc3c(Cl)c(OCCN4CCOCC4(C)C)ccc23)CN1C(=O)[C@@H](CC(=O)OC1C[C@@H]2C[C@@H]2C1)C(C)(C)C)C(=O)O.Cc1ccc(S(=O)(=O)NN)cc1.[Na+]. The molecule has 7 aromatic rings. The number of aliphatic carboxylic acids is 3. The van der Waals surface area contributed by atoms with Gasteiger partial charge in [-0.15, -0.1) is 6.58 Å². The number of benzene rings is 3. The number of pyridine rings is 2. The van der Waals surface area contributed by atoms with E-state index in [-0.39, 0.29) is 173 Å². The maximum absolute atomic E-state index is 14.9. The van der Waals surface area contributed by atoms with Gasteiger partial charge in [0.25, 0.3) is 22.1 Å². The fraction of sp³-hybridized carbons (Fsp3) is 0.617. The summed E-state index contributed by atoms with van der Waals surface area (Å²) in [7, 11) is -3.49. The average Bonchev–Trinajstić information content (AvgIpc) is 1.58. The van der Waals surface area contributed by atoms with E-state index in [1.54, 1.807) is 47.3 Å². The number of morpholine rings is 2. The van der Waals surface area contributed by atoms with Gasteiger partial charge in [-0.1, -0.05) is 102 Å². The minimum Gasteiger partial charge on any atom is -0.550 e. The molecule has 0 spiro atoms. The van der Waals surface area contributed by atoms with Gasteiger partial charge in [0, 0.05) is 104 Å². The van der Waals surface area contributed by atoms with Gasteiger partial charge in [-0.2, -0.15) is 14.8 Å². The number of sulfonamides is 1. The average molecular weight is 2110 g/mol. The Balaban J connectivity index is 0.000000212. The van der Waals surface area contributed by atoms with Crippen LogP contribution in [0.5, 0.6) is 23.0 Å². The van der Waals surface area contributed by atoms with Crippen molar-refractivity contribution in [3.05, 3.63) is 101 Å². The molecule has 0 bridgehead atoms. The molecule has 4 aromatic heterocycles. The van der Waals surface area contributed by atoms with Gasteiger partial charge in [-0.25, -0.2) is 18.4 Å². The third-order valence-electron chi connectivity index (χ3n) is 30.2. The minimum absolute atomic E-state index is 0. The molecule has 16 atom stereocenters. The van der Waals surface area contributed by atoms with E-state index < -0.39 is 97.7 Å². The van der Waals surface area contributed by atoms with E-state index in [1.807, 2.05) is 95.2 Å². The maximum atomic E-state index is 14.9. The summed E-state index contributed by atoms with van der Waals surface area (Å²) in [6, 6.07) is 15.9. The molecule has 4 saturated heterocycles. The van der Waals surface area contributed by atoms with Crippen molar-refractivity contribution in [1.82, 2.24) is 44.4 Å². The van der Waals surface area contributed by atoms with E-state index in [0.717, 1.165) is 51.3 Å². The molecule has 2 unspecified atom stereocenters. The smallest absolute Gasteiger partial charge is 0.550 e. The predicted octanol–water partition coefficient (Wildman–Crippen LogP) is 11.8. The normalized spacial score (nSPS) is 25.5. The number of amides is 2. The number of oxazole rings is 2. The van der Waals surface area contributed by atoms with Gasteiger partial charge in [-0.05, 0) is 203 Å². The summed E-state index contributed by atoms with van der Waals surface area (Å²) in [6.45, 7) is 42.7. The first kappa shape index (κ1) is 114. The van der Waals surface area contributed by atoms with Crippen LogP contribution >= 0.6 is 23.2 Å². The summed E-state index contributed by atoms with van der Waals surface area (Å²) in [5.74, 6) is 1.41. The molecule has 3 aromatic carbocycles. The van der Waals surface area contributed by atoms with Crippen LogP contribution in [0.15, 0.2) is 99.6 Å². The Morgan fingerprint density at radius 3 is 1.33 bits per heavy atom. The molecule has 7 N–H and O–H groups in total. The number of rotatable bonds is 38. The number of Topliss-reactive ketones (excluding diaryl/α,β-unsaturated/α-hetero) is 2. The van der Waals surface area contributed by atoms with E-state index in [2.05, 4.69) is 64.7 Å². The number of anilines is 2. The van der Waals surface area contributed by atoms with Crippen molar-refractivity contribution in [3.8, 4) is 45.8 Å². The quantitative estimate of drug-likeness (QED) is 0.00688. The van der Waals surface area contributed by atoms with Gasteiger partial charge in [-0.3, -0.25) is 54.0 Å². The molecule has 6 saturated carbocycles. The number of carbonyl (C=O) groups is 9. The summed E-state index contributed by atoms with van der Waals surface area (Å²) in [5.41, 5.74) is -0.616. The number of aryl methyl sites for hydroxylation is 1. The Bertz CT molecular complexity index is 6060. The molecule has 6 aliphatic carbocycles. The molecule has 40 heteroatoms. The number of carboxylic acids is 3. The number of nitrogens with zero attached hydrogens (tertiary/aromatic N) is 8. The maximum Gasteiger partial charge on any atom is 1.00 e. The second-order valence-electron chi connectivity index (χ2n) is 45.0. The topological polar surface area (TPSA) is 478 Å². The number of allylic oxidation sites excluding steroid dienone is 1. The number of fused-ring (bicyclic) bond motifs is 4.